The molecule has 0 spiro atoms. The fourth-order valence-electron chi connectivity index (χ4n) is 2.40. The number of ether oxygens (including phenoxy) is 1. The van der Waals surface area contributed by atoms with Crippen molar-refractivity contribution < 1.29 is 9.53 Å². The van der Waals surface area contributed by atoms with E-state index in [0.717, 1.165) is 15.6 Å². The summed E-state index contributed by atoms with van der Waals surface area (Å²) in [4.78, 5) is 18.7. The Labute approximate surface area is 170 Å². The second kappa shape index (κ2) is 8.29. The molecule has 0 bridgehead atoms. The molecule has 1 amide bonds. The van der Waals surface area contributed by atoms with Crippen LogP contribution in [0.1, 0.15) is 11.1 Å². The Morgan fingerprint density at radius 1 is 1.27 bits per heavy atom. The first-order valence-corrected chi connectivity index (χ1v) is 9.78. The maximum absolute atomic E-state index is 12.4. The highest BCUT2D eigenvalue weighted by atomic mass is 79.9. The van der Waals surface area contributed by atoms with Gasteiger partial charge in [0, 0.05) is 29.2 Å². The van der Waals surface area contributed by atoms with Crippen molar-refractivity contribution in [2.75, 3.05) is 14.1 Å². The molecule has 0 aliphatic carbocycles. The average molecular weight is 452 g/mol. The first-order chi connectivity index (χ1) is 12.5. The zero-order valence-electron chi connectivity index (χ0n) is 14.2. The summed E-state index contributed by atoms with van der Waals surface area (Å²) in [5, 5.41) is 1.37. The summed E-state index contributed by atoms with van der Waals surface area (Å²) in [6, 6.07) is 13.2. The van der Waals surface area contributed by atoms with E-state index in [1.165, 1.54) is 11.8 Å². The SMILES string of the molecule is CN=C1S/C(=C/c2cc(Br)ccc2OCc2ccc(Cl)cc2)C(=O)N1C. The first kappa shape index (κ1) is 19.0. The molecule has 134 valence electrons. The zero-order chi connectivity index (χ0) is 18.7. The number of halogens is 2. The van der Waals surface area contributed by atoms with Crippen molar-refractivity contribution in [1.82, 2.24) is 4.90 Å². The largest absolute Gasteiger partial charge is 0.488 e. The van der Waals surface area contributed by atoms with Crippen molar-refractivity contribution >= 4 is 56.4 Å². The standard InChI is InChI=1S/C19H16BrClN2O2S/c1-22-19-23(2)18(24)17(26-19)10-13-9-14(20)5-8-16(13)25-11-12-3-6-15(21)7-4-12/h3-10H,11H2,1-2H3/b17-10+,22-19?. The fourth-order valence-corrected chi connectivity index (χ4v) is 3.82. The molecule has 0 unspecified atom stereocenters. The summed E-state index contributed by atoms with van der Waals surface area (Å²) in [7, 11) is 3.40. The maximum Gasteiger partial charge on any atom is 0.266 e. The van der Waals surface area contributed by atoms with Gasteiger partial charge in [0.1, 0.15) is 12.4 Å². The number of aliphatic imine (C=N–C) groups is 1. The van der Waals surface area contributed by atoms with E-state index < -0.39 is 0 Å². The lowest BCUT2D eigenvalue weighted by Crippen LogP contribution is -2.23. The number of nitrogens with zero attached hydrogens (tertiary/aromatic N) is 2. The van der Waals surface area contributed by atoms with E-state index in [-0.39, 0.29) is 5.91 Å². The summed E-state index contributed by atoms with van der Waals surface area (Å²) in [6.45, 7) is 0.414. The van der Waals surface area contributed by atoms with Crippen molar-refractivity contribution in [2.45, 2.75) is 6.61 Å². The number of benzene rings is 2. The van der Waals surface area contributed by atoms with Crippen molar-refractivity contribution in [3.63, 3.8) is 0 Å². The van der Waals surface area contributed by atoms with Crippen LogP contribution in [-0.4, -0.2) is 30.1 Å². The van der Waals surface area contributed by atoms with E-state index in [9.17, 15) is 4.79 Å². The predicted molar refractivity (Wildman–Crippen MR) is 112 cm³/mol. The van der Waals surface area contributed by atoms with Gasteiger partial charge in [0.25, 0.3) is 5.91 Å². The molecule has 0 N–H and O–H groups in total. The second-order valence-corrected chi connectivity index (χ2v) is 7.94. The number of amides is 1. The molecule has 0 aromatic heterocycles. The number of carbonyl (C=O) groups excluding carboxylic acids is 1. The van der Waals surface area contributed by atoms with Crippen LogP contribution in [0.3, 0.4) is 0 Å². The predicted octanol–water partition coefficient (Wildman–Crippen LogP) is 5.21. The minimum Gasteiger partial charge on any atom is -0.488 e. The highest BCUT2D eigenvalue weighted by Gasteiger charge is 2.29. The summed E-state index contributed by atoms with van der Waals surface area (Å²) >= 11 is 10.7. The quantitative estimate of drug-likeness (QED) is 0.599. The number of rotatable bonds is 4. The van der Waals surface area contributed by atoms with Crippen LogP contribution in [0.2, 0.25) is 5.02 Å². The summed E-state index contributed by atoms with van der Waals surface area (Å²) < 4.78 is 6.88. The van der Waals surface area contributed by atoms with Gasteiger partial charge >= 0.3 is 0 Å². The van der Waals surface area contributed by atoms with E-state index in [1.54, 1.807) is 19.0 Å². The van der Waals surface area contributed by atoms with Gasteiger partial charge in [-0.3, -0.25) is 14.7 Å². The number of likely N-dealkylation sites (N-methyl/N-ethyl adjacent to an activating group) is 1. The molecule has 4 nitrogen and oxygen atoms in total. The minimum absolute atomic E-state index is 0.0702. The molecule has 0 radical (unpaired) electrons. The third-order valence-corrected chi connectivity index (χ3v) is 5.66. The summed E-state index contributed by atoms with van der Waals surface area (Å²) in [5.74, 6) is 0.632. The Balaban J connectivity index is 1.85. The van der Waals surface area contributed by atoms with E-state index in [1.807, 2.05) is 48.5 Å². The van der Waals surface area contributed by atoms with Crippen LogP contribution in [0, 0.1) is 0 Å². The number of carbonyl (C=O) groups is 1. The lowest BCUT2D eigenvalue weighted by Gasteiger charge is -2.10. The Morgan fingerprint density at radius 2 is 2.00 bits per heavy atom. The van der Waals surface area contributed by atoms with Gasteiger partial charge in [0.15, 0.2) is 5.17 Å². The number of amidine groups is 1. The molecular weight excluding hydrogens is 436 g/mol. The van der Waals surface area contributed by atoms with Crippen molar-refractivity contribution in [3.05, 3.63) is 68.0 Å². The van der Waals surface area contributed by atoms with E-state index in [2.05, 4.69) is 20.9 Å². The number of hydrogen-bond donors (Lipinski definition) is 0. The molecular formula is C19H16BrClN2O2S. The average Bonchev–Trinajstić information content (AvgIpc) is 2.90. The van der Waals surface area contributed by atoms with Crippen LogP contribution in [0.25, 0.3) is 6.08 Å². The molecule has 7 heteroatoms. The fraction of sp³-hybridized carbons (Fsp3) is 0.158. The third-order valence-electron chi connectivity index (χ3n) is 3.76. The minimum atomic E-state index is -0.0702. The molecule has 2 aromatic rings. The van der Waals surface area contributed by atoms with Crippen LogP contribution in [-0.2, 0) is 11.4 Å². The topological polar surface area (TPSA) is 41.9 Å². The Hall–Kier alpha value is -1.76. The van der Waals surface area contributed by atoms with Gasteiger partial charge in [0.05, 0.1) is 4.91 Å². The van der Waals surface area contributed by atoms with Crippen LogP contribution in [0.4, 0.5) is 0 Å². The normalized spacial score (nSPS) is 17.4. The maximum atomic E-state index is 12.4. The molecule has 0 atom stereocenters. The van der Waals surface area contributed by atoms with Crippen LogP contribution >= 0.6 is 39.3 Å². The molecule has 26 heavy (non-hydrogen) atoms. The van der Waals surface area contributed by atoms with Crippen molar-refractivity contribution in [1.29, 1.82) is 0 Å². The first-order valence-electron chi connectivity index (χ1n) is 7.79. The number of hydrogen-bond acceptors (Lipinski definition) is 4. The van der Waals surface area contributed by atoms with Gasteiger partial charge in [0.2, 0.25) is 0 Å². The molecule has 2 aromatic carbocycles. The Kier molecular flexibility index (Phi) is 6.06. The third kappa shape index (κ3) is 4.31. The van der Waals surface area contributed by atoms with E-state index >= 15 is 0 Å². The van der Waals surface area contributed by atoms with Gasteiger partial charge in [-0.15, -0.1) is 0 Å². The smallest absolute Gasteiger partial charge is 0.266 e. The summed E-state index contributed by atoms with van der Waals surface area (Å²) in [6.07, 6.45) is 1.84. The lowest BCUT2D eigenvalue weighted by atomic mass is 10.1. The highest BCUT2D eigenvalue weighted by Crippen LogP contribution is 2.34. The van der Waals surface area contributed by atoms with Gasteiger partial charge in [-0.05, 0) is 53.7 Å². The molecule has 1 aliphatic heterocycles. The molecule has 1 aliphatic rings. The Morgan fingerprint density at radius 3 is 2.65 bits per heavy atom. The van der Waals surface area contributed by atoms with Crippen molar-refractivity contribution in [3.8, 4) is 5.75 Å². The van der Waals surface area contributed by atoms with Crippen molar-refractivity contribution in [2.24, 2.45) is 4.99 Å². The van der Waals surface area contributed by atoms with E-state index in [0.29, 0.717) is 27.5 Å². The van der Waals surface area contributed by atoms with Gasteiger partial charge in [-0.2, -0.15) is 0 Å². The van der Waals surface area contributed by atoms with Gasteiger partial charge < -0.3 is 4.74 Å². The van der Waals surface area contributed by atoms with Gasteiger partial charge in [-0.25, -0.2) is 0 Å². The van der Waals surface area contributed by atoms with Crippen LogP contribution in [0.15, 0.2) is 56.8 Å². The Bertz CT molecular complexity index is 897. The molecule has 3 rings (SSSR count). The van der Waals surface area contributed by atoms with Crippen LogP contribution in [0.5, 0.6) is 5.75 Å². The zero-order valence-corrected chi connectivity index (χ0v) is 17.4. The van der Waals surface area contributed by atoms with Crippen LogP contribution < -0.4 is 4.74 Å². The van der Waals surface area contributed by atoms with E-state index in [4.69, 9.17) is 16.3 Å². The molecule has 0 saturated carbocycles. The highest BCUT2D eigenvalue weighted by molar-refractivity contribution is 9.10. The molecule has 1 fully saturated rings. The second-order valence-electron chi connectivity index (χ2n) is 5.58. The van der Waals surface area contributed by atoms with Gasteiger partial charge in [-0.1, -0.05) is 39.7 Å². The molecule has 1 saturated heterocycles. The molecule has 1 heterocycles. The number of thioether (sulfide) groups is 1. The lowest BCUT2D eigenvalue weighted by molar-refractivity contribution is -0.121. The summed E-state index contributed by atoms with van der Waals surface area (Å²) in [5.41, 5.74) is 1.84. The monoisotopic (exact) mass is 450 g/mol.